The molecule has 106 valence electrons. The van der Waals surface area contributed by atoms with Gasteiger partial charge in [-0.3, -0.25) is 0 Å². The summed E-state index contributed by atoms with van der Waals surface area (Å²) >= 11 is 5.90. The molecule has 3 aliphatic carbocycles. The Morgan fingerprint density at radius 2 is 2.10 bits per heavy atom. The summed E-state index contributed by atoms with van der Waals surface area (Å²) in [5.74, 6) is 1.38. The van der Waals surface area contributed by atoms with Crippen molar-refractivity contribution in [3.05, 3.63) is 63.6 Å². The quantitative estimate of drug-likeness (QED) is 0.729. The highest BCUT2D eigenvalue weighted by molar-refractivity contribution is 6.17. The fraction of sp³-hybridized carbons (Fsp3) is 0.300. The van der Waals surface area contributed by atoms with Gasteiger partial charge >= 0.3 is 0 Å². The zero-order chi connectivity index (χ0) is 14.2. The summed E-state index contributed by atoms with van der Waals surface area (Å²) in [6, 6.07) is 4.62. The predicted molar refractivity (Wildman–Crippen MR) is 91.6 cm³/mol. The van der Waals surface area contributed by atoms with Crippen LogP contribution in [-0.4, -0.2) is 5.88 Å². The summed E-state index contributed by atoms with van der Waals surface area (Å²) in [4.78, 5) is 0. The predicted octanol–water partition coefficient (Wildman–Crippen LogP) is 3.72. The minimum absolute atomic E-state index is 0.628. The molecule has 0 unspecified atom stereocenters. The van der Waals surface area contributed by atoms with Crippen LogP contribution in [0.25, 0.3) is 17.7 Å². The minimum atomic E-state index is 0.628. The van der Waals surface area contributed by atoms with Gasteiger partial charge in [-0.2, -0.15) is 0 Å². The molecule has 0 nitrogen and oxygen atoms in total. The summed E-state index contributed by atoms with van der Waals surface area (Å²) in [6.45, 7) is 0. The molecule has 0 aromatic heterocycles. The van der Waals surface area contributed by atoms with Gasteiger partial charge in [-0.25, -0.2) is 0 Å². The van der Waals surface area contributed by atoms with E-state index in [9.17, 15) is 0 Å². The van der Waals surface area contributed by atoms with Gasteiger partial charge in [0.1, 0.15) is 0 Å². The molecule has 0 spiro atoms. The lowest BCUT2D eigenvalue weighted by atomic mass is 9.80. The van der Waals surface area contributed by atoms with Crippen molar-refractivity contribution in [3.63, 3.8) is 0 Å². The second-order valence-electron chi connectivity index (χ2n) is 6.12. The Morgan fingerprint density at radius 3 is 3.00 bits per heavy atom. The van der Waals surface area contributed by atoms with Crippen molar-refractivity contribution < 1.29 is 0 Å². The lowest BCUT2D eigenvalue weighted by Gasteiger charge is -2.25. The Morgan fingerprint density at radius 1 is 1.14 bits per heavy atom. The van der Waals surface area contributed by atoms with Gasteiger partial charge in [0.25, 0.3) is 0 Å². The highest BCUT2D eigenvalue weighted by Gasteiger charge is 2.20. The number of hydrogen-bond acceptors (Lipinski definition) is 0. The number of hydrogen-bond donors (Lipinski definition) is 0. The van der Waals surface area contributed by atoms with Crippen LogP contribution >= 0.6 is 11.6 Å². The molecule has 0 fully saturated rings. The summed E-state index contributed by atoms with van der Waals surface area (Å²) in [5, 5.41) is 2.87. The van der Waals surface area contributed by atoms with Crippen LogP contribution in [0, 0.1) is 5.92 Å². The molecule has 0 heterocycles. The molecule has 0 amide bonds. The van der Waals surface area contributed by atoms with E-state index in [0.29, 0.717) is 5.92 Å². The minimum Gasteiger partial charge on any atom is -0.127 e. The van der Waals surface area contributed by atoms with Crippen LogP contribution in [0.2, 0.25) is 0 Å². The number of benzene rings is 1. The van der Waals surface area contributed by atoms with Crippen molar-refractivity contribution in [1.82, 2.24) is 0 Å². The monoisotopic (exact) mass is 294 g/mol. The zero-order valence-electron chi connectivity index (χ0n) is 12.1. The molecule has 0 N–H and O–H groups in total. The molecule has 21 heavy (non-hydrogen) atoms. The maximum Gasteiger partial charge on any atom is 0.0229 e. The largest absolute Gasteiger partial charge is 0.127 e. The van der Waals surface area contributed by atoms with E-state index in [4.69, 9.17) is 11.6 Å². The van der Waals surface area contributed by atoms with E-state index < -0.39 is 0 Å². The molecular formula is C20H19Cl. The summed E-state index contributed by atoms with van der Waals surface area (Å²) < 4.78 is 0. The molecule has 3 aliphatic rings. The van der Waals surface area contributed by atoms with Crippen molar-refractivity contribution in [2.75, 3.05) is 5.88 Å². The van der Waals surface area contributed by atoms with E-state index in [1.165, 1.54) is 33.6 Å². The second-order valence-corrected chi connectivity index (χ2v) is 6.50. The highest BCUT2D eigenvalue weighted by Crippen LogP contribution is 2.34. The molecule has 0 saturated heterocycles. The van der Waals surface area contributed by atoms with Gasteiger partial charge in [0.05, 0.1) is 0 Å². The molecule has 0 bridgehead atoms. The third kappa shape index (κ3) is 2.22. The number of alkyl halides is 1. The topological polar surface area (TPSA) is 0 Å². The van der Waals surface area contributed by atoms with Crippen molar-refractivity contribution >= 4 is 29.3 Å². The third-order valence-corrected chi connectivity index (χ3v) is 5.08. The second kappa shape index (κ2) is 5.35. The van der Waals surface area contributed by atoms with Gasteiger partial charge in [-0.05, 0) is 58.7 Å². The molecule has 0 saturated carbocycles. The SMILES string of the molecule is ClCC[C@@H]1C=CC2=C(CC=c3c2ccc2c3=CC=CC2)C1. The highest BCUT2D eigenvalue weighted by atomic mass is 35.5. The average Bonchev–Trinajstić information content (AvgIpc) is 2.54. The van der Waals surface area contributed by atoms with Gasteiger partial charge in [0.15, 0.2) is 0 Å². The molecule has 0 radical (unpaired) electrons. The Bertz CT molecular complexity index is 790. The average molecular weight is 295 g/mol. The van der Waals surface area contributed by atoms with Crippen LogP contribution in [0.3, 0.4) is 0 Å². The van der Waals surface area contributed by atoms with E-state index in [0.717, 1.165) is 25.1 Å². The number of allylic oxidation sites excluding steroid dienone is 6. The van der Waals surface area contributed by atoms with E-state index >= 15 is 0 Å². The van der Waals surface area contributed by atoms with Gasteiger partial charge < -0.3 is 0 Å². The Kier molecular flexibility index (Phi) is 3.35. The normalized spacial score (nSPS) is 22.0. The molecule has 1 atom stereocenters. The van der Waals surface area contributed by atoms with E-state index in [-0.39, 0.29) is 0 Å². The molecule has 1 aromatic rings. The van der Waals surface area contributed by atoms with Crippen molar-refractivity contribution in [2.45, 2.75) is 25.7 Å². The molecule has 1 heteroatoms. The Hall–Kier alpha value is -1.53. The lowest BCUT2D eigenvalue weighted by molar-refractivity contribution is 0.614. The van der Waals surface area contributed by atoms with E-state index in [2.05, 4.69) is 48.6 Å². The van der Waals surface area contributed by atoms with Crippen LogP contribution in [-0.2, 0) is 6.42 Å². The maximum absolute atomic E-state index is 5.90. The van der Waals surface area contributed by atoms with Crippen LogP contribution in [0.1, 0.15) is 30.4 Å². The molecule has 1 aromatic carbocycles. The summed E-state index contributed by atoms with van der Waals surface area (Å²) in [6.07, 6.45) is 18.2. The fourth-order valence-corrected chi connectivity index (χ4v) is 4.03. The first kappa shape index (κ1) is 13.2. The summed E-state index contributed by atoms with van der Waals surface area (Å²) in [7, 11) is 0. The smallest absolute Gasteiger partial charge is 0.0229 e. The first-order chi connectivity index (χ1) is 10.4. The van der Waals surface area contributed by atoms with Crippen molar-refractivity contribution in [2.24, 2.45) is 5.92 Å². The van der Waals surface area contributed by atoms with Gasteiger partial charge in [-0.15, -0.1) is 11.6 Å². The van der Waals surface area contributed by atoms with Gasteiger partial charge in [0, 0.05) is 5.88 Å². The summed E-state index contributed by atoms with van der Waals surface area (Å²) in [5.41, 5.74) is 5.92. The van der Waals surface area contributed by atoms with Crippen LogP contribution < -0.4 is 10.4 Å². The van der Waals surface area contributed by atoms with Gasteiger partial charge in [-0.1, -0.05) is 54.2 Å². The Balaban J connectivity index is 1.82. The fourth-order valence-electron chi connectivity index (χ4n) is 3.75. The first-order valence-corrected chi connectivity index (χ1v) is 8.36. The van der Waals surface area contributed by atoms with Crippen LogP contribution in [0.15, 0.2) is 42.0 Å². The van der Waals surface area contributed by atoms with E-state index in [1.54, 1.807) is 5.57 Å². The third-order valence-electron chi connectivity index (χ3n) is 4.86. The van der Waals surface area contributed by atoms with Crippen molar-refractivity contribution in [3.8, 4) is 0 Å². The van der Waals surface area contributed by atoms with Crippen LogP contribution in [0.4, 0.5) is 0 Å². The van der Waals surface area contributed by atoms with Crippen molar-refractivity contribution in [1.29, 1.82) is 0 Å². The zero-order valence-corrected chi connectivity index (χ0v) is 12.9. The number of fused-ring (bicyclic) bond motifs is 4. The molecule has 0 aliphatic heterocycles. The molecular weight excluding hydrogens is 276 g/mol. The lowest BCUT2D eigenvalue weighted by Crippen LogP contribution is -2.34. The van der Waals surface area contributed by atoms with Gasteiger partial charge in [0.2, 0.25) is 0 Å². The maximum atomic E-state index is 5.90. The van der Waals surface area contributed by atoms with E-state index in [1.807, 2.05) is 0 Å². The Labute approximate surface area is 130 Å². The van der Waals surface area contributed by atoms with Crippen LogP contribution in [0.5, 0.6) is 0 Å². The first-order valence-electron chi connectivity index (χ1n) is 7.82. The number of halogens is 1. The molecule has 4 rings (SSSR count). The number of rotatable bonds is 2. The standard InChI is InChI=1S/C20H19Cl/c21-12-11-14-5-8-18-16(13-14)7-10-19-17-4-2-1-3-15(17)6-9-20(18)19/h1-2,4-6,8-10,14H,3,7,11-13H2/t14-/m0/s1.